The summed E-state index contributed by atoms with van der Waals surface area (Å²) in [5.41, 5.74) is 0.126. The number of hydrogen-bond donors (Lipinski definition) is 6. The molecule has 2 atom stereocenters. The summed E-state index contributed by atoms with van der Waals surface area (Å²) in [6, 6.07) is 5.44. The molecule has 130 valence electrons. The Hall–Kier alpha value is -1.09. The summed E-state index contributed by atoms with van der Waals surface area (Å²) in [6.07, 6.45) is -4.19. The predicted molar refractivity (Wildman–Crippen MR) is 78.5 cm³/mol. The number of carboxylic acid groups (broad SMARTS) is 1. The Morgan fingerprint density at radius 2 is 1.43 bits per heavy atom. The molecule has 0 heterocycles. The molecule has 10 nitrogen and oxygen atoms in total. The molecule has 0 aliphatic heterocycles. The second-order valence-electron chi connectivity index (χ2n) is 4.84. The Morgan fingerprint density at radius 1 is 1.00 bits per heavy atom. The summed E-state index contributed by atoms with van der Waals surface area (Å²) >= 11 is 0. The lowest BCUT2D eigenvalue weighted by Crippen LogP contribution is -2.46. The zero-order valence-corrected chi connectivity index (χ0v) is 13.5. The number of carboxylic acids is 1. The molecule has 0 aliphatic rings. The fourth-order valence-corrected chi connectivity index (χ4v) is 3.67. The first-order valence-corrected chi connectivity index (χ1v) is 9.79. The number of aliphatic carboxylic acids is 1. The van der Waals surface area contributed by atoms with Crippen LogP contribution in [0.3, 0.4) is 0 Å². The lowest BCUT2D eigenvalue weighted by Gasteiger charge is -2.32. The van der Waals surface area contributed by atoms with Crippen LogP contribution in [0.1, 0.15) is 11.7 Å². The molecule has 0 spiro atoms. The molecular formula is C11H17NO9P2. The van der Waals surface area contributed by atoms with Crippen LogP contribution >= 0.6 is 15.2 Å². The van der Waals surface area contributed by atoms with Crippen molar-refractivity contribution in [1.29, 1.82) is 0 Å². The van der Waals surface area contributed by atoms with Crippen LogP contribution in [0.2, 0.25) is 0 Å². The third-order valence-corrected chi connectivity index (χ3v) is 4.28. The molecule has 0 saturated heterocycles. The molecule has 1 aromatic rings. The van der Waals surface area contributed by atoms with Gasteiger partial charge in [-0.15, -0.1) is 0 Å². The molecule has 1 aromatic carbocycles. The number of rotatable bonds is 8. The second kappa shape index (κ2) is 7.65. The quantitative estimate of drug-likeness (QED) is 0.335. The van der Waals surface area contributed by atoms with Crippen LogP contribution in [0, 0.1) is 0 Å². The smallest absolute Gasteiger partial charge is 0.339 e. The van der Waals surface area contributed by atoms with E-state index in [1.165, 1.54) is 24.3 Å². The van der Waals surface area contributed by atoms with Crippen LogP contribution in [-0.4, -0.2) is 59.3 Å². The number of carbonyl (C=O) groups is 1. The Bertz CT molecular complexity index is 602. The maximum absolute atomic E-state index is 11.4. The molecule has 0 radical (unpaired) electrons. The van der Waals surface area contributed by atoms with Crippen LogP contribution in [0.25, 0.3) is 0 Å². The van der Waals surface area contributed by atoms with Gasteiger partial charge in [-0.25, -0.2) is 0 Å². The van der Waals surface area contributed by atoms with E-state index in [0.29, 0.717) is 4.90 Å². The molecule has 0 amide bonds. The van der Waals surface area contributed by atoms with Crippen molar-refractivity contribution >= 4 is 21.2 Å². The normalized spacial score (nSPS) is 15.4. The first kappa shape index (κ1) is 20.0. The van der Waals surface area contributed by atoms with E-state index in [1.807, 2.05) is 0 Å². The molecule has 0 bridgehead atoms. The van der Waals surface area contributed by atoms with E-state index >= 15 is 0 Å². The van der Waals surface area contributed by atoms with Crippen molar-refractivity contribution in [1.82, 2.24) is 4.90 Å². The maximum Gasteiger partial charge on any atom is 0.339 e. The molecule has 0 saturated carbocycles. The van der Waals surface area contributed by atoms with Crippen molar-refractivity contribution in [2.75, 3.05) is 12.6 Å². The van der Waals surface area contributed by atoms with Gasteiger partial charge in [0.2, 0.25) is 0 Å². The minimum absolute atomic E-state index is 0.126. The molecule has 23 heavy (non-hydrogen) atoms. The van der Waals surface area contributed by atoms with E-state index in [9.17, 15) is 24.1 Å². The molecule has 1 unspecified atom stereocenters. The van der Waals surface area contributed by atoms with Gasteiger partial charge >= 0.3 is 21.2 Å². The number of nitrogens with zero attached hydrogens (tertiary/aromatic N) is 1. The summed E-state index contributed by atoms with van der Waals surface area (Å²) in [6.45, 7) is 0. The second-order valence-corrected chi connectivity index (χ2v) is 8.06. The molecule has 0 aliphatic carbocycles. The summed E-state index contributed by atoms with van der Waals surface area (Å²) in [5.74, 6) is -1.68. The Morgan fingerprint density at radius 3 is 1.78 bits per heavy atom. The zero-order valence-electron chi connectivity index (χ0n) is 11.7. The average Bonchev–Trinajstić information content (AvgIpc) is 2.35. The fraction of sp³-hybridized carbons (Fsp3) is 0.364. The van der Waals surface area contributed by atoms with Crippen LogP contribution in [0.15, 0.2) is 30.3 Å². The Labute approximate surface area is 131 Å². The van der Waals surface area contributed by atoms with Crippen molar-refractivity contribution in [3.8, 4) is 0 Å². The highest BCUT2D eigenvalue weighted by atomic mass is 31.2. The number of aliphatic hydroxyl groups is 1. The molecule has 12 heteroatoms. The van der Waals surface area contributed by atoms with Crippen LogP contribution in [0.4, 0.5) is 0 Å². The number of benzene rings is 1. The largest absolute Gasteiger partial charge is 0.480 e. The SMILES string of the molecule is O=C(O)[C@H](C(O)c1ccccc1)N(CP(=O)(O)O)CP(=O)(O)O. The van der Waals surface area contributed by atoms with Gasteiger partial charge in [0.25, 0.3) is 0 Å². The summed E-state index contributed by atoms with van der Waals surface area (Å²) in [5, 5.41) is 19.4. The highest BCUT2D eigenvalue weighted by molar-refractivity contribution is 7.52. The summed E-state index contributed by atoms with van der Waals surface area (Å²) in [4.78, 5) is 47.8. The van der Waals surface area contributed by atoms with Gasteiger partial charge in [0.1, 0.15) is 24.7 Å². The molecule has 6 N–H and O–H groups in total. The summed E-state index contributed by atoms with van der Waals surface area (Å²) in [7, 11) is -9.65. The maximum atomic E-state index is 11.4. The van der Waals surface area contributed by atoms with Crippen LogP contribution in [0.5, 0.6) is 0 Å². The molecule has 1 rings (SSSR count). The van der Waals surface area contributed by atoms with E-state index in [1.54, 1.807) is 6.07 Å². The van der Waals surface area contributed by atoms with Crippen molar-refractivity contribution < 1.29 is 43.7 Å². The van der Waals surface area contributed by atoms with Gasteiger partial charge in [0, 0.05) is 0 Å². The van der Waals surface area contributed by atoms with E-state index in [4.69, 9.17) is 19.6 Å². The van der Waals surface area contributed by atoms with Gasteiger partial charge in [0.15, 0.2) is 0 Å². The zero-order chi connectivity index (χ0) is 17.8. The van der Waals surface area contributed by atoms with Gasteiger partial charge < -0.3 is 29.8 Å². The van der Waals surface area contributed by atoms with Crippen LogP contribution in [-0.2, 0) is 13.9 Å². The summed E-state index contributed by atoms with van der Waals surface area (Å²) < 4.78 is 22.3. The van der Waals surface area contributed by atoms with Crippen molar-refractivity contribution in [3.63, 3.8) is 0 Å². The first-order valence-electron chi connectivity index (χ1n) is 6.20. The third kappa shape index (κ3) is 6.90. The average molecular weight is 369 g/mol. The van der Waals surface area contributed by atoms with Gasteiger partial charge in [-0.2, -0.15) is 0 Å². The minimum atomic E-state index is -4.82. The van der Waals surface area contributed by atoms with E-state index in [2.05, 4.69) is 0 Å². The predicted octanol–water partition coefficient (Wildman–Crippen LogP) is -0.254. The minimum Gasteiger partial charge on any atom is -0.480 e. The number of hydrogen-bond acceptors (Lipinski definition) is 5. The fourth-order valence-electron chi connectivity index (χ4n) is 2.02. The number of aliphatic hydroxyl groups excluding tert-OH is 1. The molecular weight excluding hydrogens is 352 g/mol. The van der Waals surface area contributed by atoms with Crippen LogP contribution < -0.4 is 0 Å². The Balaban J connectivity index is 3.21. The lowest BCUT2D eigenvalue weighted by molar-refractivity contribution is -0.147. The van der Waals surface area contributed by atoms with E-state index in [-0.39, 0.29) is 5.56 Å². The molecule has 0 fully saturated rings. The van der Waals surface area contributed by atoms with Gasteiger partial charge in [0.05, 0.1) is 0 Å². The molecule has 0 aromatic heterocycles. The third-order valence-electron chi connectivity index (χ3n) is 2.82. The highest BCUT2D eigenvalue weighted by Crippen LogP contribution is 2.43. The van der Waals surface area contributed by atoms with Crippen molar-refractivity contribution in [2.45, 2.75) is 12.1 Å². The van der Waals surface area contributed by atoms with Gasteiger partial charge in [-0.05, 0) is 5.56 Å². The lowest BCUT2D eigenvalue weighted by atomic mass is 10.0. The highest BCUT2D eigenvalue weighted by Gasteiger charge is 2.39. The van der Waals surface area contributed by atoms with E-state index in [0.717, 1.165) is 0 Å². The first-order chi connectivity index (χ1) is 10.4. The van der Waals surface area contributed by atoms with Crippen molar-refractivity contribution in [2.24, 2.45) is 0 Å². The monoisotopic (exact) mass is 369 g/mol. The topological polar surface area (TPSA) is 176 Å². The van der Waals surface area contributed by atoms with Gasteiger partial charge in [-0.1, -0.05) is 30.3 Å². The van der Waals surface area contributed by atoms with Gasteiger partial charge in [-0.3, -0.25) is 18.8 Å². The van der Waals surface area contributed by atoms with E-state index < -0.39 is 45.9 Å². The van der Waals surface area contributed by atoms with Crippen molar-refractivity contribution in [3.05, 3.63) is 35.9 Å². The Kier molecular flexibility index (Phi) is 6.64. The standard InChI is InChI=1S/C11H17NO9P2/c13-10(8-4-2-1-3-5-8)9(11(14)15)12(6-22(16,17)18)7-23(19,20)21/h1-5,9-10,13H,6-7H2,(H,14,15)(H2,16,17,18)(H2,19,20,21)/t9-,10?/m0/s1.